The smallest absolute Gasteiger partial charge is 0.269 e. The number of benzene rings is 3. The molecule has 0 saturated heterocycles. The highest BCUT2D eigenvalue weighted by atomic mass is 79.9. The number of hydrogen-bond donors (Lipinski definition) is 1. The lowest BCUT2D eigenvalue weighted by atomic mass is 10.1. The fraction of sp³-hybridized carbons (Fsp3) is 0.120. The van der Waals surface area contributed by atoms with E-state index in [2.05, 4.69) is 21.2 Å². The summed E-state index contributed by atoms with van der Waals surface area (Å²) in [6.45, 7) is 2.18. The van der Waals surface area contributed by atoms with Crippen LogP contribution >= 0.6 is 39.1 Å². The number of ether oxygens (including phenoxy) is 2. The normalized spacial score (nSPS) is 10.9. The molecule has 0 atom stereocenters. The van der Waals surface area contributed by atoms with Crippen LogP contribution in [-0.2, 0) is 11.4 Å². The Balaban J connectivity index is 1.86. The molecule has 8 nitrogen and oxygen atoms in total. The summed E-state index contributed by atoms with van der Waals surface area (Å²) in [7, 11) is 0. The third-order valence-corrected chi connectivity index (χ3v) is 6.12. The largest absolute Gasteiger partial charge is 0.490 e. The highest BCUT2D eigenvalue weighted by Gasteiger charge is 2.16. The third-order valence-electron chi connectivity index (χ3n) is 4.71. The van der Waals surface area contributed by atoms with Crippen molar-refractivity contribution in [3.8, 4) is 17.6 Å². The van der Waals surface area contributed by atoms with Crippen molar-refractivity contribution in [3.63, 3.8) is 0 Å². The molecule has 0 saturated carbocycles. The Morgan fingerprint density at radius 3 is 2.64 bits per heavy atom. The maximum absolute atomic E-state index is 12.7. The van der Waals surface area contributed by atoms with Gasteiger partial charge in [-0.1, -0.05) is 41.4 Å². The van der Waals surface area contributed by atoms with E-state index in [0.717, 1.165) is 0 Å². The van der Waals surface area contributed by atoms with Crippen molar-refractivity contribution in [2.24, 2.45) is 0 Å². The topological polar surface area (TPSA) is 114 Å². The van der Waals surface area contributed by atoms with Crippen LogP contribution in [0.4, 0.5) is 11.4 Å². The summed E-state index contributed by atoms with van der Waals surface area (Å²) < 4.78 is 12.1. The first-order valence-corrected chi connectivity index (χ1v) is 12.0. The van der Waals surface area contributed by atoms with E-state index in [1.54, 1.807) is 49.4 Å². The van der Waals surface area contributed by atoms with Crippen molar-refractivity contribution in [1.29, 1.82) is 5.26 Å². The summed E-state index contributed by atoms with van der Waals surface area (Å²) in [5, 5.41) is 23.6. The summed E-state index contributed by atoms with van der Waals surface area (Å²) >= 11 is 15.5. The first-order chi connectivity index (χ1) is 17.2. The lowest BCUT2D eigenvalue weighted by molar-refractivity contribution is -0.384. The quantitative estimate of drug-likeness (QED) is 0.122. The number of nitro benzene ring substituents is 1. The summed E-state index contributed by atoms with van der Waals surface area (Å²) in [4.78, 5) is 23.2. The second-order valence-corrected chi connectivity index (χ2v) is 8.84. The second-order valence-electron chi connectivity index (χ2n) is 7.20. The van der Waals surface area contributed by atoms with Gasteiger partial charge < -0.3 is 14.8 Å². The molecule has 0 aliphatic heterocycles. The molecule has 1 N–H and O–H groups in total. The molecule has 3 aromatic carbocycles. The average Bonchev–Trinajstić information content (AvgIpc) is 2.85. The Labute approximate surface area is 225 Å². The summed E-state index contributed by atoms with van der Waals surface area (Å²) in [6, 6.07) is 16.0. The third kappa shape index (κ3) is 6.76. The first kappa shape index (κ1) is 27.0. The van der Waals surface area contributed by atoms with E-state index in [4.69, 9.17) is 32.7 Å². The number of rotatable bonds is 9. The highest BCUT2D eigenvalue weighted by Crippen LogP contribution is 2.38. The van der Waals surface area contributed by atoms with Gasteiger partial charge in [0.25, 0.3) is 11.6 Å². The maximum atomic E-state index is 12.7. The number of halogens is 3. The van der Waals surface area contributed by atoms with Crippen molar-refractivity contribution >= 4 is 62.5 Å². The van der Waals surface area contributed by atoms with Crippen LogP contribution in [0.3, 0.4) is 0 Å². The molecule has 0 aromatic heterocycles. The average molecular weight is 591 g/mol. The van der Waals surface area contributed by atoms with Gasteiger partial charge in [-0.25, -0.2) is 0 Å². The lowest BCUT2D eigenvalue weighted by Crippen LogP contribution is -2.13. The molecule has 0 radical (unpaired) electrons. The number of anilines is 1. The fourth-order valence-corrected chi connectivity index (χ4v) is 4.02. The molecule has 0 aliphatic carbocycles. The van der Waals surface area contributed by atoms with Gasteiger partial charge >= 0.3 is 0 Å². The number of non-ortho nitro benzene ring substituents is 1. The maximum Gasteiger partial charge on any atom is 0.269 e. The van der Waals surface area contributed by atoms with Crippen molar-refractivity contribution in [2.75, 3.05) is 11.9 Å². The van der Waals surface area contributed by atoms with Gasteiger partial charge in [-0.3, -0.25) is 14.9 Å². The molecular weight excluding hydrogens is 573 g/mol. The van der Waals surface area contributed by atoms with Gasteiger partial charge in [0, 0.05) is 12.1 Å². The Morgan fingerprint density at radius 2 is 1.94 bits per heavy atom. The van der Waals surface area contributed by atoms with E-state index in [9.17, 15) is 20.2 Å². The zero-order valence-electron chi connectivity index (χ0n) is 18.8. The molecule has 0 unspecified atom stereocenters. The predicted molar refractivity (Wildman–Crippen MR) is 141 cm³/mol. The van der Waals surface area contributed by atoms with Crippen LogP contribution < -0.4 is 14.8 Å². The molecule has 0 spiro atoms. The Hall–Kier alpha value is -3.58. The predicted octanol–water partition coefficient (Wildman–Crippen LogP) is 7.19. The van der Waals surface area contributed by atoms with Crippen LogP contribution in [0.2, 0.25) is 10.0 Å². The van der Waals surface area contributed by atoms with Crippen LogP contribution in [-0.4, -0.2) is 17.4 Å². The minimum atomic E-state index is -0.665. The van der Waals surface area contributed by atoms with Crippen LogP contribution in [0, 0.1) is 21.4 Å². The van der Waals surface area contributed by atoms with Gasteiger partial charge in [0.15, 0.2) is 11.5 Å². The van der Waals surface area contributed by atoms with E-state index in [1.807, 2.05) is 6.07 Å². The van der Waals surface area contributed by atoms with E-state index in [1.165, 1.54) is 18.2 Å². The number of nitro groups is 1. The highest BCUT2D eigenvalue weighted by molar-refractivity contribution is 9.10. The van der Waals surface area contributed by atoms with Gasteiger partial charge in [0.2, 0.25) is 0 Å². The van der Waals surface area contributed by atoms with Crippen molar-refractivity contribution in [3.05, 3.63) is 95.9 Å². The number of hydrogen-bond acceptors (Lipinski definition) is 6. The number of nitrogens with zero attached hydrogens (tertiary/aromatic N) is 2. The Bertz CT molecular complexity index is 1390. The van der Waals surface area contributed by atoms with Crippen LogP contribution in [0.15, 0.2) is 64.6 Å². The van der Waals surface area contributed by atoms with E-state index in [-0.39, 0.29) is 33.6 Å². The number of nitriles is 1. The minimum absolute atomic E-state index is 0.0398. The minimum Gasteiger partial charge on any atom is -0.490 e. The van der Waals surface area contributed by atoms with Gasteiger partial charge in [0.05, 0.1) is 31.7 Å². The summed E-state index contributed by atoms with van der Waals surface area (Å²) in [6.07, 6.45) is 1.39. The summed E-state index contributed by atoms with van der Waals surface area (Å²) in [5.74, 6) is 0.0649. The molecule has 3 aromatic rings. The molecule has 0 bridgehead atoms. The molecule has 3 rings (SSSR count). The number of carbonyl (C=O) groups excluding carboxylic acids is 1. The zero-order valence-corrected chi connectivity index (χ0v) is 21.9. The van der Waals surface area contributed by atoms with Gasteiger partial charge in [-0.15, -0.1) is 0 Å². The van der Waals surface area contributed by atoms with Crippen LogP contribution in [0.5, 0.6) is 11.5 Å². The van der Waals surface area contributed by atoms with Crippen LogP contribution in [0.1, 0.15) is 18.1 Å². The van der Waals surface area contributed by atoms with Crippen molar-refractivity contribution in [2.45, 2.75) is 13.5 Å². The molecular formula is C25H18BrCl2N3O5. The van der Waals surface area contributed by atoms with Crippen molar-refractivity contribution < 1.29 is 19.2 Å². The number of carbonyl (C=O) groups is 1. The second kappa shape index (κ2) is 12.4. The van der Waals surface area contributed by atoms with E-state index < -0.39 is 10.8 Å². The van der Waals surface area contributed by atoms with Gasteiger partial charge in [-0.05, 0) is 64.3 Å². The van der Waals surface area contributed by atoms with Crippen LogP contribution in [0.25, 0.3) is 6.08 Å². The first-order valence-electron chi connectivity index (χ1n) is 10.4. The molecule has 36 heavy (non-hydrogen) atoms. The molecule has 1 amide bonds. The lowest BCUT2D eigenvalue weighted by Gasteiger charge is -2.15. The fourth-order valence-electron chi connectivity index (χ4n) is 3.09. The molecule has 0 heterocycles. The monoisotopic (exact) mass is 589 g/mol. The summed E-state index contributed by atoms with van der Waals surface area (Å²) in [5.41, 5.74) is 1.16. The Kier molecular flexibility index (Phi) is 9.31. The number of amides is 1. The molecule has 0 aliphatic rings. The van der Waals surface area contributed by atoms with Gasteiger partial charge in [-0.2, -0.15) is 5.26 Å². The molecule has 11 heteroatoms. The van der Waals surface area contributed by atoms with E-state index >= 15 is 0 Å². The molecule has 0 fully saturated rings. The van der Waals surface area contributed by atoms with Crippen molar-refractivity contribution in [1.82, 2.24) is 0 Å². The number of nitrogens with one attached hydrogen (secondary N) is 1. The van der Waals surface area contributed by atoms with E-state index in [0.29, 0.717) is 33.7 Å². The standard InChI is InChI=1S/C25H18BrCl2N3O5/c1-2-35-22-12-16(9-17(13-29)25(32)30-21-8-4-7-20(27)23(21)28)11-19(26)24(22)36-14-15-5-3-6-18(10-15)31(33)34/h3-12H,2,14H2,1H3,(H,30,32)/b17-9-. The Morgan fingerprint density at radius 1 is 1.19 bits per heavy atom. The zero-order chi connectivity index (χ0) is 26.2. The SMILES string of the molecule is CCOc1cc(/C=C(/C#N)C(=O)Nc2cccc(Cl)c2Cl)cc(Br)c1OCc1cccc([N+](=O)[O-])c1. The molecule has 184 valence electrons. The van der Waals surface area contributed by atoms with Gasteiger partial charge in [0.1, 0.15) is 18.2 Å².